The first-order valence-electron chi connectivity index (χ1n) is 30.8. The minimum atomic E-state index is -0.0790. The lowest BCUT2D eigenvalue weighted by Gasteiger charge is -2.22. The van der Waals surface area contributed by atoms with Crippen LogP contribution < -0.4 is 16.3 Å². The Balaban J connectivity index is 0.839. The molecule has 12 aromatic rings. The van der Waals surface area contributed by atoms with Gasteiger partial charge in [-0.2, -0.15) is 0 Å². The van der Waals surface area contributed by atoms with Gasteiger partial charge in [0.05, 0.1) is 33.2 Å². The molecule has 89 heavy (non-hydrogen) atoms. The zero-order valence-electron chi connectivity index (χ0n) is 48.9. The summed E-state index contributed by atoms with van der Waals surface area (Å²) in [5, 5.41) is 2.53. The molecule has 3 aliphatic carbocycles. The van der Waals surface area contributed by atoms with E-state index in [1.807, 2.05) is 110 Å². The second kappa shape index (κ2) is 23.5. The fourth-order valence-corrected chi connectivity index (χ4v) is 14.7. The van der Waals surface area contributed by atoms with Crippen molar-refractivity contribution >= 4 is 67.9 Å². The highest BCUT2D eigenvalue weighted by Gasteiger charge is 2.33. The Kier molecular flexibility index (Phi) is 15.0. The van der Waals surface area contributed by atoms with Crippen molar-refractivity contribution in [1.29, 1.82) is 0 Å². The standard InChI is InChI=1S/C74H60Cl3N9O3/c1-40-27-48(33-62(75)80-40)54-36-56-61(88)38-59(43-16-4-2-5-17-43)83-73(56)84-68(54)47-21-12-13-41(28-47)29-51-31-49(34-63(76)81-51)55-37-57-71(89)58(42-14-8-9-15-42)39-79-72(57)86-70(55)53-22-11-10-20-46(53)30-52-32-50(35-64(77)82-52)66-65(44-23-24-44)67-60(87)25-26-78-74(67)85-69(66)45-18-6-3-7-19-45/h3,6-7,10-13,18-22,25-28,31-39,42-44H,2,4-5,8-9,14-17,23-24,29-30H2,1H3,(H,78,85,87)(H,79,86,89)(H,83,84,88). The van der Waals surface area contributed by atoms with E-state index in [-0.39, 0.29) is 39.2 Å². The minimum Gasteiger partial charge on any atom is -0.346 e. The van der Waals surface area contributed by atoms with E-state index in [1.54, 1.807) is 18.3 Å². The van der Waals surface area contributed by atoms with E-state index in [1.165, 1.54) is 6.42 Å². The number of halogens is 3. The molecule has 9 heterocycles. The normalized spacial score (nSPS) is 14.8. The van der Waals surface area contributed by atoms with Crippen LogP contribution in [0, 0.1) is 6.92 Å². The van der Waals surface area contributed by atoms with Gasteiger partial charge in [0.2, 0.25) is 0 Å². The van der Waals surface area contributed by atoms with Crippen LogP contribution in [0.2, 0.25) is 15.5 Å². The highest BCUT2D eigenvalue weighted by atomic mass is 35.5. The molecule has 9 aromatic heterocycles. The van der Waals surface area contributed by atoms with Crippen LogP contribution in [0.1, 0.15) is 133 Å². The molecule has 0 unspecified atom stereocenters. The summed E-state index contributed by atoms with van der Waals surface area (Å²) in [4.78, 5) is 83.1. The third kappa shape index (κ3) is 11.2. The first-order valence-corrected chi connectivity index (χ1v) is 32.0. The van der Waals surface area contributed by atoms with Crippen LogP contribution in [0.3, 0.4) is 0 Å². The van der Waals surface area contributed by atoms with Gasteiger partial charge in [-0.25, -0.2) is 29.9 Å². The van der Waals surface area contributed by atoms with Gasteiger partial charge >= 0.3 is 0 Å². The summed E-state index contributed by atoms with van der Waals surface area (Å²) in [6.45, 7) is 1.90. The van der Waals surface area contributed by atoms with E-state index < -0.39 is 0 Å². The van der Waals surface area contributed by atoms with Crippen LogP contribution in [0.25, 0.3) is 100 Å². The van der Waals surface area contributed by atoms with Crippen molar-refractivity contribution in [2.24, 2.45) is 0 Å². The summed E-state index contributed by atoms with van der Waals surface area (Å²) in [6, 6.07) is 45.3. The fraction of sp³-hybridized carbons (Fsp3) is 0.230. The van der Waals surface area contributed by atoms with E-state index in [4.69, 9.17) is 59.7 Å². The van der Waals surface area contributed by atoms with Gasteiger partial charge in [-0.3, -0.25) is 14.4 Å². The molecule has 3 aromatic carbocycles. The SMILES string of the molecule is Cc1cc(-c2cc3c(=O)cc(C4CCCCC4)[nH]c3nc2-c2cccc(Cc3cc(-c4cc5c(=O)c(C6CCCC6)c[nH]c5nc4-c4ccccc4Cc4cc(-c5c(-c6ccccc6)nc6[nH]ccc(=O)c6c5C5CC5)cc(Cl)n4)cc(Cl)n3)c2)cc(Cl)n1. The number of hydrogen-bond acceptors (Lipinski definition) is 9. The number of nitrogens with one attached hydrogen (secondary N) is 3. The van der Waals surface area contributed by atoms with Gasteiger partial charge < -0.3 is 15.0 Å². The van der Waals surface area contributed by atoms with Gasteiger partial charge in [-0.1, -0.05) is 140 Å². The van der Waals surface area contributed by atoms with Gasteiger partial charge in [0.15, 0.2) is 16.3 Å². The third-order valence-corrected chi connectivity index (χ3v) is 18.9. The Hall–Kier alpha value is -8.94. The highest BCUT2D eigenvalue weighted by Crippen LogP contribution is 2.50. The molecular weight excluding hydrogens is 1170 g/mol. The Morgan fingerprint density at radius 3 is 1.91 bits per heavy atom. The molecule has 15 heteroatoms. The fourth-order valence-electron chi connectivity index (χ4n) is 14.0. The number of benzene rings is 3. The zero-order valence-corrected chi connectivity index (χ0v) is 51.2. The molecule has 3 aliphatic rings. The molecule has 0 bridgehead atoms. The maximum atomic E-state index is 14.8. The molecule has 0 saturated heterocycles. The summed E-state index contributed by atoms with van der Waals surface area (Å²) >= 11 is 20.9. The van der Waals surface area contributed by atoms with Crippen LogP contribution >= 0.6 is 34.8 Å². The second-order valence-corrected chi connectivity index (χ2v) is 25.5. The van der Waals surface area contributed by atoms with E-state index in [9.17, 15) is 14.4 Å². The number of H-pyrrole nitrogens is 3. The summed E-state index contributed by atoms with van der Waals surface area (Å²) in [5.74, 6) is 0.631. The number of fused-ring (bicyclic) bond motifs is 3. The molecule has 15 rings (SSSR count). The average molecular weight is 1230 g/mol. The first kappa shape index (κ1) is 56.6. The lowest BCUT2D eigenvalue weighted by atomic mass is 9.86. The van der Waals surface area contributed by atoms with Gasteiger partial charge in [0.1, 0.15) is 32.4 Å². The van der Waals surface area contributed by atoms with Crippen LogP contribution in [0.15, 0.2) is 166 Å². The van der Waals surface area contributed by atoms with E-state index >= 15 is 0 Å². The van der Waals surface area contributed by atoms with Gasteiger partial charge in [0, 0.05) is 99.1 Å². The Morgan fingerprint density at radius 2 is 1.12 bits per heavy atom. The molecule has 440 valence electrons. The number of nitrogens with zero attached hydrogens (tertiary/aromatic N) is 6. The molecule has 0 atom stereocenters. The Labute approximate surface area is 527 Å². The van der Waals surface area contributed by atoms with Gasteiger partial charge in [-0.05, 0) is 151 Å². The summed E-state index contributed by atoms with van der Waals surface area (Å²) < 4.78 is 0. The monoisotopic (exact) mass is 1230 g/mol. The molecular formula is C74H60Cl3N9O3. The zero-order chi connectivity index (χ0) is 60.4. The van der Waals surface area contributed by atoms with Crippen molar-refractivity contribution in [3.05, 3.63) is 243 Å². The summed E-state index contributed by atoms with van der Waals surface area (Å²) in [6.07, 6.45) is 15.8. The molecule has 3 fully saturated rings. The molecule has 12 nitrogen and oxygen atoms in total. The second-order valence-electron chi connectivity index (χ2n) is 24.4. The molecule has 0 aliphatic heterocycles. The van der Waals surface area contributed by atoms with Crippen molar-refractivity contribution in [3.63, 3.8) is 0 Å². The maximum Gasteiger partial charge on any atom is 0.194 e. The number of pyridine rings is 9. The van der Waals surface area contributed by atoms with Crippen LogP contribution in [0.5, 0.6) is 0 Å². The molecule has 0 spiro atoms. The van der Waals surface area contributed by atoms with E-state index in [0.717, 1.165) is 148 Å². The minimum absolute atomic E-state index is 0.0298. The van der Waals surface area contributed by atoms with E-state index in [2.05, 4.69) is 50.3 Å². The van der Waals surface area contributed by atoms with Crippen LogP contribution in [-0.4, -0.2) is 44.9 Å². The predicted octanol–water partition coefficient (Wildman–Crippen LogP) is 17.6. The summed E-state index contributed by atoms with van der Waals surface area (Å²) in [7, 11) is 0. The molecule has 0 radical (unpaired) electrons. The molecule has 0 amide bonds. The first-order chi connectivity index (χ1) is 43.4. The molecule has 3 saturated carbocycles. The number of aryl methyl sites for hydroxylation is 1. The largest absolute Gasteiger partial charge is 0.346 e. The van der Waals surface area contributed by atoms with Gasteiger partial charge in [-0.15, -0.1) is 0 Å². The Morgan fingerprint density at radius 1 is 0.472 bits per heavy atom. The van der Waals surface area contributed by atoms with Crippen LogP contribution in [0.4, 0.5) is 0 Å². The van der Waals surface area contributed by atoms with Crippen molar-refractivity contribution in [3.8, 4) is 67.2 Å². The lowest BCUT2D eigenvalue weighted by molar-refractivity contribution is 0.437. The van der Waals surface area contributed by atoms with Crippen molar-refractivity contribution < 1.29 is 0 Å². The lowest BCUT2D eigenvalue weighted by Crippen LogP contribution is -2.14. The third-order valence-electron chi connectivity index (χ3n) is 18.3. The maximum absolute atomic E-state index is 14.8. The topological polar surface area (TPSA) is 176 Å². The predicted molar refractivity (Wildman–Crippen MR) is 357 cm³/mol. The van der Waals surface area contributed by atoms with E-state index in [0.29, 0.717) is 84.6 Å². The van der Waals surface area contributed by atoms with Crippen molar-refractivity contribution in [1.82, 2.24) is 44.9 Å². The quantitative estimate of drug-likeness (QED) is 0.0949. The highest BCUT2D eigenvalue weighted by molar-refractivity contribution is 6.30. The number of rotatable bonds is 13. The van der Waals surface area contributed by atoms with Crippen LogP contribution in [-0.2, 0) is 12.8 Å². The number of aromatic amines is 3. The van der Waals surface area contributed by atoms with Crippen molar-refractivity contribution in [2.45, 2.75) is 108 Å². The summed E-state index contributed by atoms with van der Waals surface area (Å²) in [5.41, 5.74) is 17.5. The average Bonchev–Trinajstić information content (AvgIpc) is 1.84. The van der Waals surface area contributed by atoms with Gasteiger partial charge in [0.25, 0.3) is 0 Å². The number of hydrogen-bond donors (Lipinski definition) is 3. The smallest absolute Gasteiger partial charge is 0.194 e. The molecule has 3 N–H and O–H groups in total. The van der Waals surface area contributed by atoms with Crippen molar-refractivity contribution in [2.75, 3.05) is 0 Å². The number of aromatic nitrogens is 9. The Bertz CT molecular complexity index is 4990.